The lowest BCUT2D eigenvalue weighted by Gasteiger charge is -2.07. The summed E-state index contributed by atoms with van der Waals surface area (Å²) in [4.78, 5) is 23.4. The number of hydrogen-bond acceptors (Lipinski definition) is 5. The van der Waals surface area contributed by atoms with Crippen LogP contribution in [0.15, 0.2) is 30.5 Å². The fraction of sp³-hybridized carbons (Fsp3) is 0.214. The Kier molecular flexibility index (Phi) is 4.22. The minimum atomic E-state index is -0.634. The van der Waals surface area contributed by atoms with E-state index in [2.05, 4.69) is 15.2 Å². The maximum absolute atomic E-state index is 12.0. The van der Waals surface area contributed by atoms with Crippen LogP contribution in [-0.4, -0.2) is 28.8 Å². The number of para-hydroxylation sites is 1. The Morgan fingerprint density at radius 3 is 2.76 bits per heavy atom. The van der Waals surface area contributed by atoms with Crippen molar-refractivity contribution in [2.24, 2.45) is 0 Å². The quantitative estimate of drug-likeness (QED) is 0.823. The minimum Gasteiger partial charge on any atom is -0.464 e. The number of nitrogens with two attached hydrogens (primary N) is 1. The van der Waals surface area contributed by atoms with E-state index in [0.29, 0.717) is 0 Å². The number of amides is 1. The van der Waals surface area contributed by atoms with Crippen molar-refractivity contribution < 1.29 is 14.3 Å². The van der Waals surface area contributed by atoms with E-state index in [1.165, 1.54) is 18.0 Å². The molecule has 0 unspecified atom stereocenters. The molecular weight excluding hydrogens is 272 g/mol. The first-order chi connectivity index (χ1) is 10.0. The normalized spacial score (nSPS) is 10.2. The first kappa shape index (κ1) is 14.6. The number of nitrogens with one attached hydrogen (secondary N) is 1. The molecule has 0 saturated heterocycles. The molecule has 0 fully saturated rings. The van der Waals surface area contributed by atoms with Crippen molar-refractivity contribution in [3.8, 4) is 0 Å². The van der Waals surface area contributed by atoms with Crippen LogP contribution >= 0.6 is 0 Å². The van der Waals surface area contributed by atoms with E-state index in [1.54, 1.807) is 0 Å². The number of aryl methyl sites for hydroxylation is 1. The van der Waals surface area contributed by atoms with Crippen molar-refractivity contribution in [2.45, 2.75) is 13.5 Å². The van der Waals surface area contributed by atoms with Gasteiger partial charge in [0.15, 0.2) is 5.69 Å². The van der Waals surface area contributed by atoms with E-state index in [1.807, 2.05) is 31.2 Å². The number of aromatic nitrogens is 2. The highest BCUT2D eigenvalue weighted by Gasteiger charge is 2.16. The third-order valence-electron chi connectivity index (χ3n) is 2.89. The van der Waals surface area contributed by atoms with Crippen LogP contribution in [0.25, 0.3) is 0 Å². The van der Waals surface area contributed by atoms with Gasteiger partial charge < -0.3 is 15.8 Å². The molecule has 1 heterocycles. The van der Waals surface area contributed by atoms with Crippen LogP contribution in [0.2, 0.25) is 0 Å². The van der Waals surface area contributed by atoms with Gasteiger partial charge in [0, 0.05) is 11.9 Å². The summed E-state index contributed by atoms with van der Waals surface area (Å²) in [7, 11) is 1.24. The highest BCUT2D eigenvalue weighted by atomic mass is 16.5. The van der Waals surface area contributed by atoms with Crippen LogP contribution in [0.5, 0.6) is 0 Å². The molecule has 0 bridgehead atoms. The first-order valence-corrected chi connectivity index (χ1v) is 6.28. The first-order valence-electron chi connectivity index (χ1n) is 6.28. The fourth-order valence-electron chi connectivity index (χ4n) is 1.82. The Bertz CT molecular complexity index is 679. The molecule has 0 spiro atoms. The summed E-state index contributed by atoms with van der Waals surface area (Å²) >= 11 is 0. The smallest absolute Gasteiger partial charge is 0.360 e. The van der Waals surface area contributed by atoms with E-state index < -0.39 is 5.97 Å². The molecule has 21 heavy (non-hydrogen) atoms. The largest absolute Gasteiger partial charge is 0.464 e. The molecule has 0 radical (unpaired) electrons. The van der Waals surface area contributed by atoms with Crippen LogP contribution in [0.4, 0.5) is 11.4 Å². The van der Waals surface area contributed by atoms with Crippen molar-refractivity contribution in [1.82, 2.24) is 9.78 Å². The maximum atomic E-state index is 12.0. The molecule has 1 amide bonds. The lowest BCUT2D eigenvalue weighted by atomic mass is 10.2. The van der Waals surface area contributed by atoms with E-state index >= 15 is 0 Å². The van der Waals surface area contributed by atoms with Gasteiger partial charge in [-0.15, -0.1) is 0 Å². The van der Waals surface area contributed by atoms with Gasteiger partial charge in [0.25, 0.3) is 0 Å². The highest BCUT2D eigenvalue weighted by molar-refractivity contribution is 5.93. The zero-order chi connectivity index (χ0) is 15.4. The summed E-state index contributed by atoms with van der Waals surface area (Å²) in [6, 6.07) is 7.44. The molecule has 2 rings (SSSR count). The van der Waals surface area contributed by atoms with E-state index in [0.717, 1.165) is 11.3 Å². The molecule has 0 atom stereocenters. The Morgan fingerprint density at radius 2 is 2.10 bits per heavy atom. The lowest BCUT2D eigenvalue weighted by Crippen LogP contribution is -2.20. The zero-order valence-electron chi connectivity index (χ0n) is 11.8. The van der Waals surface area contributed by atoms with Gasteiger partial charge in [-0.1, -0.05) is 18.2 Å². The van der Waals surface area contributed by atoms with Crippen molar-refractivity contribution in [2.75, 3.05) is 18.2 Å². The van der Waals surface area contributed by atoms with Crippen LogP contribution in [0, 0.1) is 6.92 Å². The average Bonchev–Trinajstić information content (AvgIpc) is 2.81. The van der Waals surface area contributed by atoms with E-state index in [4.69, 9.17) is 5.73 Å². The summed E-state index contributed by atoms with van der Waals surface area (Å²) in [6.45, 7) is 1.85. The van der Waals surface area contributed by atoms with Gasteiger partial charge in [-0.3, -0.25) is 9.48 Å². The number of nitrogen functional groups attached to an aromatic ring is 1. The minimum absolute atomic E-state index is 0.00110. The van der Waals surface area contributed by atoms with Gasteiger partial charge >= 0.3 is 5.97 Å². The average molecular weight is 288 g/mol. The van der Waals surface area contributed by atoms with Gasteiger partial charge in [0.2, 0.25) is 5.91 Å². The van der Waals surface area contributed by atoms with Crippen LogP contribution in [0.1, 0.15) is 16.1 Å². The molecule has 3 N–H and O–H groups in total. The molecule has 0 aliphatic rings. The Hall–Kier alpha value is -2.83. The summed E-state index contributed by atoms with van der Waals surface area (Å²) in [5.41, 5.74) is 7.52. The van der Waals surface area contributed by atoms with E-state index in [-0.39, 0.29) is 23.8 Å². The van der Waals surface area contributed by atoms with Gasteiger partial charge in [-0.05, 0) is 18.6 Å². The number of carbonyl (C=O) groups excluding carboxylic acids is 2. The number of hydrogen-bond donors (Lipinski definition) is 2. The molecule has 110 valence electrons. The predicted octanol–water partition coefficient (Wildman–Crippen LogP) is 1.20. The summed E-state index contributed by atoms with van der Waals surface area (Å²) in [6.07, 6.45) is 1.42. The number of methoxy groups -OCH3 is 1. The molecule has 0 aliphatic carbocycles. The van der Waals surface area contributed by atoms with Crippen LogP contribution < -0.4 is 11.1 Å². The molecule has 7 heteroatoms. The van der Waals surface area contributed by atoms with E-state index in [9.17, 15) is 9.59 Å². The molecule has 2 aromatic rings. The summed E-state index contributed by atoms with van der Waals surface area (Å²) in [5, 5.41) is 6.71. The predicted molar refractivity (Wildman–Crippen MR) is 77.8 cm³/mol. The number of rotatable bonds is 4. The number of carbonyl (C=O) groups is 2. The second-order valence-corrected chi connectivity index (χ2v) is 4.49. The van der Waals surface area contributed by atoms with Crippen molar-refractivity contribution in [3.63, 3.8) is 0 Å². The summed E-state index contributed by atoms with van der Waals surface area (Å²) < 4.78 is 5.85. The van der Waals surface area contributed by atoms with Crippen LogP contribution in [-0.2, 0) is 16.1 Å². The highest BCUT2D eigenvalue weighted by Crippen LogP contribution is 2.14. The van der Waals surface area contributed by atoms with Gasteiger partial charge in [0.05, 0.1) is 12.8 Å². The number of nitrogens with zero attached hydrogens (tertiary/aromatic N) is 2. The third-order valence-corrected chi connectivity index (χ3v) is 2.89. The van der Waals surface area contributed by atoms with Gasteiger partial charge in [-0.2, -0.15) is 5.10 Å². The SMILES string of the molecule is COC(=O)c1nn(CC(=O)Nc2ccccc2C)cc1N. The molecule has 0 aliphatic heterocycles. The Morgan fingerprint density at radius 1 is 1.38 bits per heavy atom. The molecular formula is C14H16N4O3. The Labute approximate surface area is 121 Å². The number of anilines is 2. The molecule has 1 aromatic heterocycles. The van der Waals surface area contributed by atoms with Gasteiger partial charge in [0.1, 0.15) is 6.54 Å². The van der Waals surface area contributed by atoms with Gasteiger partial charge in [-0.25, -0.2) is 4.79 Å². The van der Waals surface area contributed by atoms with Crippen LogP contribution in [0.3, 0.4) is 0 Å². The van der Waals surface area contributed by atoms with Crippen molar-refractivity contribution >= 4 is 23.3 Å². The maximum Gasteiger partial charge on any atom is 0.360 e. The zero-order valence-corrected chi connectivity index (χ0v) is 11.8. The van der Waals surface area contributed by atoms with Crippen molar-refractivity contribution in [3.05, 3.63) is 41.7 Å². The number of benzene rings is 1. The monoisotopic (exact) mass is 288 g/mol. The molecule has 1 aromatic carbocycles. The topological polar surface area (TPSA) is 99.2 Å². The third kappa shape index (κ3) is 3.38. The Balaban J connectivity index is 2.07. The number of esters is 1. The number of ether oxygens (including phenoxy) is 1. The second kappa shape index (κ2) is 6.08. The second-order valence-electron chi connectivity index (χ2n) is 4.49. The lowest BCUT2D eigenvalue weighted by molar-refractivity contribution is -0.116. The van der Waals surface area contributed by atoms with Crippen molar-refractivity contribution in [1.29, 1.82) is 0 Å². The fourth-order valence-corrected chi connectivity index (χ4v) is 1.82. The standard InChI is InChI=1S/C14H16N4O3/c1-9-5-3-4-6-11(9)16-12(19)8-18-7-10(15)13(17-18)14(20)21-2/h3-7H,8,15H2,1-2H3,(H,16,19). The molecule has 0 saturated carbocycles. The summed E-state index contributed by atoms with van der Waals surface area (Å²) in [5.74, 6) is -0.895. The molecule has 7 nitrogen and oxygen atoms in total.